The van der Waals surface area contributed by atoms with Crippen LogP contribution in [0.4, 0.5) is 0 Å². The predicted molar refractivity (Wildman–Crippen MR) is 89.2 cm³/mol. The van der Waals surface area contributed by atoms with Crippen molar-refractivity contribution in [3.05, 3.63) is 30.6 Å². The summed E-state index contributed by atoms with van der Waals surface area (Å²) in [6.45, 7) is 6.28. The maximum Gasteiger partial charge on any atom is 0.240 e. The highest BCUT2D eigenvalue weighted by Gasteiger charge is 2.34. The number of carbonyl (C=O) groups is 1. The molecule has 0 spiro atoms. The van der Waals surface area contributed by atoms with E-state index in [9.17, 15) is 4.79 Å². The van der Waals surface area contributed by atoms with Crippen molar-refractivity contribution >= 4 is 16.9 Å². The van der Waals surface area contributed by atoms with Crippen molar-refractivity contribution in [2.45, 2.75) is 38.6 Å². The van der Waals surface area contributed by atoms with Crippen LogP contribution in [0.5, 0.6) is 0 Å². The third-order valence-corrected chi connectivity index (χ3v) is 4.52. The van der Waals surface area contributed by atoms with E-state index in [1.807, 2.05) is 28.8 Å². The maximum atomic E-state index is 12.4. The van der Waals surface area contributed by atoms with Crippen LogP contribution in [0.3, 0.4) is 0 Å². The number of nitrogens with zero attached hydrogens (tertiary/aromatic N) is 3. The first-order chi connectivity index (χ1) is 11.1. The second-order valence-corrected chi connectivity index (χ2v) is 6.36. The summed E-state index contributed by atoms with van der Waals surface area (Å²) in [6.07, 6.45) is 1.76. The molecule has 23 heavy (non-hydrogen) atoms. The van der Waals surface area contributed by atoms with Crippen LogP contribution in [0, 0.1) is 0 Å². The van der Waals surface area contributed by atoms with E-state index >= 15 is 0 Å². The number of aromatic nitrogens is 2. The van der Waals surface area contributed by atoms with Gasteiger partial charge in [0.25, 0.3) is 0 Å². The van der Waals surface area contributed by atoms with Gasteiger partial charge in [0.05, 0.1) is 29.5 Å². The molecule has 0 aliphatic carbocycles. The van der Waals surface area contributed by atoms with Gasteiger partial charge in [0.15, 0.2) is 0 Å². The van der Waals surface area contributed by atoms with Crippen LogP contribution in [0.15, 0.2) is 30.6 Å². The van der Waals surface area contributed by atoms with Gasteiger partial charge in [0.2, 0.25) is 5.91 Å². The van der Waals surface area contributed by atoms with E-state index in [0.717, 1.165) is 24.1 Å². The van der Waals surface area contributed by atoms with Gasteiger partial charge >= 0.3 is 0 Å². The van der Waals surface area contributed by atoms with Gasteiger partial charge in [-0.1, -0.05) is 12.1 Å². The lowest BCUT2D eigenvalue weighted by Crippen LogP contribution is -2.45. The number of nitrogens with one attached hydrogen (secondary N) is 1. The van der Waals surface area contributed by atoms with E-state index in [0.29, 0.717) is 6.04 Å². The number of amides is 1. The predicted octanol–water partition coefficient (Wildman–Crippen LogP) is 1.26. The Labute approximate surface area is 136 Å². The monoisotopic (exact) mass is 316 g/mol. The van der Waals surface area contributed by atoms with Gasteiger partial charge in [-0.25, -0.2) is 4.98 Å². The lowest BCUT2D eigenvalue weighted by atomic mass is 10.2. The molecule has 1 saturated heterocycles. The summed E-state index contributed by atoms with van der Waals surface area (Å²) in [7, 11) is 1.71. The van der Waals surface area contributed by atoms with E-state index in [-0.39, 0.29) is 24.6 Å². The number of imidazole rings is 1. The largest absolute Gasteiger partial charge is 0.378 e. The van der Waals surface area contributed by atoms with Crippen molar-refractivity contribution in [2.75, 3.05) is 20.2 Å². The first-order valence-corrected chi connectivity index (χ1v) is 8.04. The van der Waals surface area contributed by atoms with Gasteiger partial charge in [-0.05, 0) is 26.0 Å². The van der Waals surface area contributed by atoms with Gasteiger partial charge in [-0.15, -0.1) is 0 Å². The van der Waals surface area contributed by atoms with Gasteiger partial charge in [-0.2, -0.15) is 0 Å². The van der Waals surface area contributed by atoms with Crippen LogP contribution in [-0.4, -0.2) is 58.7 Å². The number of hydrogen-bond acceptors (Lipinski definition) is 4. The highest BCUT2D eigenvalue weighted by Crippen LogP contribution is 2.16. The number of fused-ring (bicyclic) bond motifs is 1. The molecular weight excluding hydrogens is 292 g/mol. The molecule has 2 heterocycles. The van der Waals surface area contributed by atoms with Crippen LogP contribution in [0.2, 0.25) is 0 Å². The molecule has 1 aliphatic heterocycles. The van der Waals surface area contributed by atoms with Gasteiger partial charge in [-0.3, -0.25) is 9.69 Å². The average Bonchev–Trinajstić information content (AvgIpc) is 3.12. The standard InChI is InChI=1S/C17H24N4O2/c1-12(2)20-8-14(16(9-20)23-3)19-17(22)10-21-11-18-13-6-4-5-7-15(13)21/h4-7,11-12,14,16H,8-10H2,1-3H3,(H,19,22)/t14-,16-/m1/s1. The first-order valence-electron chi connectivity index (χ1n) is 8.04. The molecule has 6 heteroatoms. The fraction of sp³-hybridized carbons (Fsp3) is 0.529. The number of benzene rings is 1. The number of rotatable bonds is 5. The summed E-state index contributed by atoms with van der Waals surface area (Å²) in [6, 6.07) is 8.31. The van der Waals surface area contributed by atoms with Gasteiger partial charge in [0.1, 0.15) is 6.54 Å². The molecule has 2 aromatic rings. The van der Waals surface area contributed by atoms with Crippen molar-refractivity contribution in [2.24, 2.45) is 0 Å². The lowest BCUT2D eigenvalue weighted by Gasteiger charge is -2.20. The molecule has 0 bridgehead atoms. The van der Waals surface area contributed by atoms with Crippen LogP contribution >= 0.6 is 0 Å². The fourth-order valence-electron chi connectivity index (χ4n) is 3.15. The minimum Gasteiger partial charge on any atom is -0.378 e. The Kier molecular flexibility index (Phi) is 4.63. The van der Waals surface area contributed by atoms with Crippen LogP contribution in [-0.2, 0) is 16.1 Å². The number of likely N-dealkylation sites (tertiary alicyclic amines) is 1. The summed E-state index contributed by atoms with van der Waals surface area (Å²) >= 11 is 0. The maximum absolute atomic E-state index is 12.4. The van der Waals surface area contributed by atoms with Crippen molar-refractivity contribution in [3.63, 3.8) is 0 Å². The summed E-state index contributed by atoms with van der Waals surface area (Å²) in [5.41, 5.74) is 1.88. The topological polar surface area (TPSA) is 59.4 Å². The summed E-state index contributed by atoms with van der Waals surface area (Å²) in [4.78, 5) is 19.1. The summed E-state index contributed by atoms with van der Waals surface area (Å²) < 4.78 is 7.41. The zero-order valence-corrected chi connectivity index (χ0v) is 13.9. The second kappa shape index (κ2) is 6.68. The molecular formula is C17H24N4O2. The zero-order chi connectivity index (χ0) is 16.4. The molecule has 1 N–H and O–H groups in total. The van der Waals surface area contributed by atoms with Crippen molar-refractivity contribution in [1.29, 1.82) is 0 Å². The molecule has 1 amide bonds. The molecule has 6 nitrogen and oxygen atoms in total. The van der Waals surface area contributed by atoms with Crippen molar-refractivity contribution in [3.8, 4) is 0 Å². The van der Waals surface area contributed by atoms with E-state index in [1.165, 1.54) is 0 Å². The number of hydrogen-bond donors (Lipinski definition) is 1. The van der Waals surface area contributed by atoms with Crippen LogP contribution in [0.25, 0.3) is 11.0 Å². The van der Waals surface area contributed by atoms with Crippen molar-refractivity contribution < 1.29 is 9.53 Å². The van der Waals surface area contributed by atoms with Crippen LogP contribution in [0.1, 0.15) is 13.8 Å². The molecule has 124 valence electrons. The van der Waals surface area contributed by atoms with E-state index in [2.05, 4.69) is 29.0 Å². The van der Waals surface area contributed by atoms with Gasteiger partial charge < -0.3 is 14.6 Å². The molecule has 1 fully saturated rings. The van der Waals surface area contributed by atoms with E-state index < -0.39 is 0 Å². The minimum absolute atomic E-state index is 0.00851. The molecule has 3 rings (SSSR count). The number of carbonyl (C=O) groups excluding carboxylic acids is 1. The normalized spacial score (nSPS) is 22.1. The molecule has 1 aromatic heterocycles. The molecule has 1 aromatic carbocycles. The first kappa shape index (κ1) is 16.0. The Bertz CT molecular complexity index is 682. The highest BCUT2D eigenvalue weighted by molar-refractivity contribution is 5.80. The number of para-hydroxylation sites is 2. The lowest BCUT2D eigenvalue weighted by molar-refractivity contribution is -0.122. The molecule has 1 aliphatic rings. The Morgan fingerprint density at radius 1 is 1.39 bits per heavy atom. The molecule has 0 radical (unpaired) electrons. The molecule has 0 unspecified atom stereocenters. The average molecular weight is 316 g/mol. The quantitative estimate of drug-likeness (QED) is 0.902. The van der Waals surface area contributed by atoms with Gasteiger partial charge in [0, 0.05) is 26.2 Å². The third-order valence-electron chi connectivity index (χ3n) is 4.52. The Balaban J connectivity index is 1.65. The SMILES string of the molecule is CO[C@@H]1CN(C(C)C)C[C@H]1NC(=O)Cn1cnc2ccccc21. The number of methoxy groups -OCH3 is 1. The molecule has 2 atom stereocenters. The smallest absolute Gasteiger partial charge is 0.240 e. The third kappa shape index (κ3) is 3.38. The fourth-order valence-corrected chi connectivity index (χ4v) is 3.15. The van der Waals surface area contributed by atoms with Crippen molar-refractivity contribution in [1.82, 2.24) is 19.8 Å². The minimum atomic E-state index is -0.00851. The Hall–Kier alpha value is -1.92. The zero-order valence-electron chi connectivity index (χ0n) is 13.9. The van der Waals surface area contributed by atoms with E-state index in [1.54, 1.807) is 13.4 Å². The summed E-state index contributed by atoms with van der Waals surface area (Å²) in [5.74, 6) is -0.00851. The Morgan fingerprint density at radius 2 is 2.17 bits per heavy atom. The number of ether oxygens (including phenoxy) is 1. The van der Waals surface area contributed by atoms with Crippen LogP contribution < -0.4 is 5.32 Å². The highest BCUT2D eigenvalue weighted by atomic mass is 16.5. The molecule has 0 saturated carbocycles. The van der Waals surface area contributed by atoms with E-state index in [4.69, 9.17) is 4.74 Å². The second-order valence-electron chi connectivity index (χ2n) is 6.36. The Morgan fingerprint density at radius 3 is 2.91 bits per heavy atom. The summed E-state index contributed by atoms with van der Waals surface area (Å²) in [5, 5.41) is 3.11.